The topological polar surface area (TPSA) is 17.1 Å². The van der Waals surface area contributed by atoms with Crippen molar-refractivity contribution in [2.24, 2.45) is 0 Å². The Labute approximate surface area is 115 Å². The van der Waals surface area contributed by atoms with Crippen molar-refractivity contribution in [1.29, 1.82) is 0 Å². The first-order chi connectivity index (χ1) is 9.06. The molecule has 2 aromatic rings. The lowest BCUT2D eigenvalue weighted by Gasteiger charge is -2.05. The molecule has 0 aliphatic heterocycles. The molecule has 0 radical (unpaired) electrons. The van der Waals surface area contributed by atoms with Crippen molar-refractivity contribution in [3.8, 4) is 0 Å². The third-order valence-electron chi connectivity index (χ3n) is 3.55. The summed E-state index contributed by atoms with van der Waals surface area (Å²) in [5.74, 6) is 0.224. The minimum atomic E-state index is 0.224. The van der Waals surface area contributed by atoms with Crippen molar-refractivity contribution >= 4 is 5.78 Å². The highest BCUT2D eigenvalue weighted by Crippen LogP contribution is 2.13. The molecule has 2 aromatic carbocycles. The summed E-state index contributed by atoms with van der Waals surface area (Å²) in [4.78, 5) is 12.1. The van der Waals surface area contributed by atoms with Gasteiger partial charge in [-0.15, -0.1) is 0 Å². The summed E-state index contributed by atoms with van der Waals surface area (Å²) in [5.41, 5.74) is 5.79. The number of aryl methyl sites for hydroxylation is 4. The fourth-order valence-corrected chi connectivity index (χ4v) is 2.18. The first-order valence-corrected chi connectivity index (χ1v) is 6.72. The number of rotatable bonds is 4. The van der Waals surface area contributed by atoms with E-state index in [0.29, 0.717) is 6.42 Å². The van der Waals surface area contributed by atoms with E-state index in [4.69, 9.17) is 0 Å². The van der Waals surface area contributed by atoms with Crippen LogP contribution in [0.2, 0.25) is 0 Å². The summed E-state index contributed by atoms with van der Waals surface area (Å²) in [5, 5.41) is 0. The van der Waals surface area contributed by atoms with Gasteiger partial charge in [-0.3, -0.25) is 4.79 Å². The maximum atomic E-state index is 12.1. The maximum Gasteiger partial charge on any atom is 0.163 e. The van der Waals surface area contributed by atoms with Crippen LogP contribution in [0.5, 0.6) is 0 Å². The van der Waals surface area contributed by atoms with E-state index < -0.39 is 0 Å². The molecule has 98 valence electrons. The minimum absolute atomic E-state index is 0.224. The Bertz CT molecular complexity index is 596. The molecule has 0 amide bonds. The number of carbonyl (C=O) groups excluding carboxylic acids is 1. The van der Waals surface area contributed by atoms with Gasteiger partial charge < -0.3 is 0 Å². The lowest BCUT2D eigenvalue weighted by Crippen LogP contribution is -2.01. The molecule has 0 unspecified atom stereocenters. The Balaban J connectivity index is 2.02. The number of benzene rings is 2. The van der Waals surface area contributed by atoms with Crippen molar-refractivity contribution in [2.75, 3.05) is 0 Å². The normalized spacial score (nSPS) is 10.5. The quantitative estimate of drug-likeness (QED) is 0.736. The average Bonchev–Trinajstić information content (AvgIpc) is 2.40. The number of Topliss-reactive ketones (excluding diaryl/α,β-unsaturated/α-hetero) is 1. The average molecular weight is 252 g/mol. The number of carbonyl (C=O) groups is 1. The van der Waals surface area contributed by atoms with Gasteiger partial charge in [0.2, 0.25) is 0 Å². The number of hydrogen-bond acceptors (Lipinski definition) is 1. The van der Waals surface area contributed by atoms with Gasteiger partial charge in [-0.1, -0.05) is 42.0 Å². The summed E-state index contributed by atoms with van der Waals surface area (Å²) in [6, 6.07) is 14.2. The van der Waals surface area contributed by atoms with Gasteiger partial charge in [0, 0.05) is 12.0 Å². The van der Waals surface area contributed by atoms with Gasteiger partial charge in [-0.25, -0.2) is 0 Å². The zero-order valence-electron chi connectivity index (χ0n) is 11.9. The molecule has 0 fully saturated rings. The van der Waals surface area contributed by atoms with Crippen LogP contribution in [0, 0.1) is 20.8 Å². The Morgan fingerprint density at radius 3 is 2.42 bits per heavy atom. The lowest BCUT2D eigenvalue weighted by molar-refractivity contribution is 0.0982. The summed E-state index contributed by atoms with van der Waals surface area (Å²) in [6.45, 7) is 6.23. The van der Waals surface area contributed by atoms with Gasteiger partial charge >= 0.3 is 0 Å². The fourth-order valence-electron chi connectivity index (χ4n) is 2.18. The predicted octanol–water partition coefficient (Wildman–Crippen LogP) is 4.43. The Morgan fingerprint density at radius 1 is 0.947 bits per heavy atom. The third kappa shape index (κ3) is 3.54. The van der Waals surface area contributed by atoms with Gasteiger partial charge in [-0.05, 0) is 49.9 Å². The van der Waals surface area contributed by atoms with Crippen LogP contribution in [0.1, 0.15) is 39.0 Å². The van der Waals surface area contributed by atoms with Gasteiger partial charge in [-0.2, -0.15) is 0 Å². The van der Waals surface area contributed by atoms with Crippen LogP contribution in [0.15, 0.2) is 42.5 Å². The van der Waals surface area contributed by atoms with E-state index in [-0.39, 0.29) is 5.78 Å². The molecule has 0 aliphatic carbocycles. The fraction of sp³-hybridized carbons (Fsp3) is 0.278. The van der Waals surface area contributed by atoms with Crippen LogP contribution >= 0.6 is 0 Å². The molecule has 0 heterocycles. The first kappa shape index (κ1) is 13.5. The molecule has 0 aromatic heterocycles. The van der Waals surface area contributed by atoms with E-state index in [1.54, 1.807) is 0 Å². The van der Waals surface area contributed by atoms with Crippen molar-refractivity contribution in [3.63, 3.8) is 0 Å². The van der Waals surface area contributed by atoms with Gasteiger partial charge in [0.1, 0.15) is 0 Å². The highest BCUT2D eigenvalue weighted by atomic mass is 16.1. The van der Waals surface area contributed by atoms with Crippen LogP contribution in [-0.4, -0.2) is 5.78 Å². The molecular formula is C18H20O. The van der Waals surface area contributed by atoms with Crippen LogP contribution in [0.25, 0.3) is 0 Å². The molecule has 0 atom stereocenters. The zero-order valence-corrected chi connectivity index (χ0v) is 11.9. The smallest absolute Gasteiger partial charge is 0.163 e. The van der Waals surface area contributed by atoms with E-state index in [2.05, 4.69) is 32.0 Å². The second kappa shape index (κ2) is 5.83. The number of hydrogen-bond donors (Lipinski definition) is 0. The number of ketones is 1. The SMILES string of the molecule is Cc1cccc(C(=O)CCc2ccc(C)c(C)c2)c1. The summed E-state index contributed by atoms with van der Waals surface area (Å²) < 4.78 is 0. The van der Waals surface area contributed by atoms with Gasteiger partial charge in [0.25, 0.3) is 0 Å². The summed E-state index contributed by atoms with van der Waals surface area (Å²) in [7, 11) is 0. The van der Waals surface area contributed by atoms with Crippen LogP contribution in [0.4, 0.5) is 0 Å². The highest BCUT2D eigenvalue weighted by molar-refractivity contribution is 5.96. The van der Waals surface area contributed by atoms with E-state index in [1.807, 2.05) is 31.2 Å². The minimum Gasteiger partial charge on any atom is -0.294 e. The molecule has 0 spiro atoms. The molecule has 2 rings (SSSR count). The molecule has 0 saturated carbocycles. The Hall–Kier alpha value is -1.89. The molecular weight excluding hydrogens is 232 g/mol. The van der Waals surface area contributed by atoms with Crippen molar-refractivity contribution in [1.82, 2.24) is 0 Å². The predicted molar refractivity (Wildman–Crippen MR) is 79.7 cm³/mol. The van der Waals surface area contributed by atoms with Crippen LogP contribution < -0.4 is 0 Å². The standard InChI is InChI=1S/C18H20O/c1-13-5-4-6-17(11-13)18(19)10-9-16-8-7-14(2)15(3)12-16/h4-8,11-12H,9-10H2,1-3H3. The van der Waals surface area contributed by atoms with Crippen molar-refractivity contribution in [3.05, 3.63) is 70.3 Å². The second-order valence-corrected chi connectivity index (χ2v) is 5.21. The molecule has 1 nitrogen and oxygen atoms in total. The third-order valence-corrected chi connectivity index (χ3v) is 3.55. The molecule has 1 heteroatoms. The van der Waals surface area contributed by atoms with Crippen LogP contribution in [0.3, 0.4) is 0 Å². The Morgan fingerprint density at radius 2 is 1.74 bits per heavy atom. The highest BCUT2D eigenvalue weighted by Gasteiger charge is 2.06. The van der Waals surface area contributed by atoms with E-state index in [1.165, 1.54) is 16.7 Å². The second-order valence-electron chi connectivity index (χ2n) is 5.21. The van der Waals surface area contributed by atoms with E-state index >= 15 is 0 Å². The summed E-state index contributed by atoms with van der Waals surface area (Å²) in [6.07, 6.45) is 1.39. The molecule has 0 saturated heterocycles. The molecule has 0 aliphatic rings. The van der Waals surface area contributed by atoms with Crippen molar-refractivity contribution < 1.29 is 4.79 Å². The molecule has 0 N–H and O–H groups in total. The van der Waals surface area contributed by atoms with Gasteiger partial charge in [0.15, 0.2) is 5.78 Å². The van der Waals surface area contributed by atoms with E-state index in [0.717, 1.165) is 17.5 Å². The Kier molecular flexibility index (Phi) is 4.16. The van der Waals surface area contributed by atoms with Crippen LogP contribution in [-0.2, 0) is 6.42 Å². The zero-order chi connectivity index (χ0) is 13.8. The van der Waals surface area contributed by atoms with Crippen molar-refractivity contribution in [2.45, 2.75) is 33.6 Å². The lowest BCUT2D eigenvalue weighted by atomic mass is 9.99. The van der Waals surface area contributed by atoms with E-state index in [9.17, 15) is 4.79 Å². The first-order valence-electron chi connectivity index (χ1n) is 6.72. The monoisotopic (exact) mass is 252 g/mol. The summed E-state index contributed by atoms with van der Waals surface area (Å²) >= 11 is 0. The maximum absolute atomic E-state index is 12.1. The largest absolute Gasteiger partial charge is 0.294 e. The van der Waals surface area contributed by atoms with Gasteiger partial charge in [0.05, 0.1) is 0 Å². The molecule has 0 bridgehead atoms. The molecule has 19 heavy (non-hydrogen) atoms.